The molecule has 1 aliphatic carbocycles. The van der Waals surface area contributed by atoms with Gasteiger partial charge >= 0.3 is 17.6 Å². The van der Waals surface area contributed by atoms with E-state index in [0.29, 0.717) is 12.1 Å². The molecule has 2 unspecified atom stereocenters. The number of fused-ring (bicyclic) bond motifs is 2. The molecule has 1 fully saturated rings. The number of nitrogens with zero attached hydrogens (tertiary/aromatic N) is 3. The number of carbonyl (C=O) groups excluding carboxylic acids is 3. The molecule has 7 heteroatoms. The SMILES string of the molecule is CCOC(=O)C(=[N+]=[N-])C(=O)N1C(=O)C2(CC2c2ccccc2)c2ccccc21. The van der Waals surface area contributed by atoms with E-state index in [1.54, 1.807) is 19.1 Å². The number of benzene rings is 2. The molecule has 2 amide bonds. The van der Waals surface area contributed by atoms with Gasteiger partial charge in [0.2, 0.25) is 5.91 Å². The van der Waals surface area contributed by atoms with Gasteiger partial charge in [-0.2, -0.15) is 4.79 Å². The van der Waals surface area contributed by atoms with E-state index < -0.39 is 28.9 Å². The first-order valence-corrected chi connectivity index (χ1v) is 8.98. The summed E-state index contributed by atoms with van der Waals surface area (Å²) in [6, 6.07) is 16.6. The van der Waals surface area contributed by atoms with E-state index in [4.69, 9.17) is 4.74 Å². The fourth-order valence-corrected chi connectivity index (χ4v) is 4.03. The van der Waals surface area contributed by atoms with Crippen LogP contribution in [0.15, 0.2) is 54.6 Å². The summed E-state index contributed by atoms with van der Waals surface area (Å²) in [7, 11) is 0. The van der Waals surface area contributed by atoms with Crippen LogP contribution in [0.5, 0.6) is 0 Å². The molecule has 1 heterocycles. The Bertz CT molecular complexity index is 1040. The number of rotatable bonds is 4. The lowest BCUT2D eigenvalue weighted by Gasteiger charge is -2.13. The Morgan fingerprint density at radius 3 is 2.54 bits per heavy atom. The monoisotopic (exact) mass is 375 g/mol. The number of imide groups is 1. The number of esters is 1. The lowest BCUT2D eigenvalue weighted by atomic mass is 9.92. The van der Waals surface area contributed by atoms with Crippen LogP contribution in [0, 0.1) is 0 Å². The molecule has 0 saturated heterocycles. The van der Waals surface area contributed by atoms with Gasteiger partial charge in [-0.25, -0.2) is 9.69 Å². The highest BCUT2D eigenvalue weighted by atomic mass is 16.5. The second-order valence-electron chi connectivity index (χ2n) is 6.77. The Labute approximate surface area is 161 Å². The van der Waals surface area contributed by atoms with Gasteiger partial charge in [-0.05, 0) is 30.5 Å². The fourth-order valence-electron chi connectivity index (χ4n) is 4.03. The molecular weight excluding hydrogens is 358 g/mol. The van der Waals surface area contributed by atoms with Crippen molar-refractivity contribution in [1.29, 1.82) is 0 Å². The number of hydrogen-bond acceptors (Lipinski definition) is 4. The second kappa shape index (κ2) is 6.55. The maximum Gasteiger partial charge on any atom is 0.463 e. The van der Waals surface area contributed by atoms with E-state index in [-0.39, 0.29) is 12.5 Å². The number of carbonyl (C=O) groups is 3. The van der Waals surface area contributed by atoms with E-state index in [1.165, 1.54) is 0 Å². The largest absolute Gasteiger partial charge is 0.463 e. The predicted molar refractivity (Wildman–Crippen MR) is 99.7 cm³/mol. The first kappa shape index (κ1) is 17.8. The molecule has 2 aliphatic rings. The van der Waals surface area contributed by atoms with Crippen LogP contribution in [-0.2, 0) is 24.5 Å². The van der Waals surface area contributed by atoms with Gasteiger partial charge in [-0.15, -0.1) is 0 Å². The van der Waals surface area contributed by atoms with Crippen LogP contribution in [-0.4, -0.2) is 34.9 Å². The van der Waals surface area contributed by atoms with Crippen molar-refractivity contribution in [3.8, 4) is 0 Å². The molecule has 0 bridgehead atoms. The van der Waals surface area contributed by atoms with Gasteiger partial charge < -0.3 is 10.3 Å². The van der Waals surface area contributed by atoms with Gasteiger partial charge in [0.05, 0.1) is 17.7 Å². The van der Waals surface area contributed by atoms with Crippen molar-refractivity contribution in [3.63, 3.8) is 0 Å². The third-order valence-electron chi connectivity index (χ3n) is 5.35. The molecule has 1 spiro atoms. The van der Waals surface area contributed by atoms with Crippen LogP contribution in [0.4, 0.5) is 5.69 Å². The Balaban J connectivity index is 1.76. The summed E-state index contributed by atoms with van der Waals surface area (Å²) in [6.07, 6.45) is 0.571. The zero-order valence-electron chi connectivity index (χ0n) is 15.2. The second-order valence-corrected chi connectivity index (χ2v) is 6.77. The molecule has 7 nitrogen and oxygen atoms in total. The first-order chi connectivity index (χ1) is 13.6. The van der Waals surface area contributed by atoms with Gasteiger partial charge in [0, 0.05) is 5.92 Å². The summed E-state index contributed by atoms with van der Waals surface area (Å²) < 4.78 is 4.77. The van der Waals surface area contributed by atoms with Crippen molar-refractivity contribution in [1.82, 2.24) is 0 Å². The van der Waals surface area contributed by atoms with Crippen molar-refractivity contribution >= 4 is 29.2 Å². The zero-order valence-corrected chi connectivity index (χ0v) is 15.2. The number of ether oxygens (including phenoxy) is 1. The Morgan fingerprint density at radius 1 is 1.18 bits per heavy atom. The number of para-hydroxylation sites is 1. The van der Waals surface area contributed by atoms with Gasteiger partial charge in [0.25, 0.3) is 0 Å². The maximum absolute atomic E-state index is 13.4. The normalized spacial score (nSPS) is 21.8. The highest BCUT2D eigenvalue weighted by Crippen LogP contribution is 2.66. The number of amides is 2. The lowest BCUT2D eigenvalue weighted by molar-refractivity contribution is -0.141. The van der Waals surface area contributed by atoms with Crippen molar-refractivity contribution in [3.05, 3.63) is 71.3 Å². The van der Waals surface area contributed by atoms with Crippen molar-refractivity contribution in [2.24, 2.45) is 0 Å². The molecule has 1 saturated carbocycles. The standard InChI is InChI=1S/C21H17N3O4/c1-2-28-19(26)17(23-22)18(25)24-16-11-7-6-10-14(16)21(20(24)27)12-15(21)13-8-4-3-5-9-13/h3-11,15H,2,12H2,1H3. The van der Waals surface area contributed by atoms with E-state index in [1.807, 2.05) is 42.5 Å². The van der Waals surface area contributed by atoms with Crippen LogP contribution in [0.25, 0.3) is 5.53 Å². The number of anilines is 1. The summed E-state index contributed by atoms with van der Waals surface area (Å²) in [5, 5.41) is 0. The van der Waals surface area contributed by atoms with Gasteiger partial charge in [-0.3, -0.25) is 9.59 Å². The van der Waals surface area contributed by atoms with Crippen LogP contribution in [0.2, 0.25) is 0 Å². The minimum atomic E-state index is -1.07. The Hall–Kier alpha value is -3.57. The molecule has 2 aromatic rings. The summed E-state index contributed by atoms with van der Waals surface area (Å²) in [4.78, 5) is 42.0. The molecule has 2 aromatic carbocycles. The Kier molecular flexibility index (Phi) is 4.17. The van der Waals surface area contributed by atoms with E-state index >= 15 is 0 Å². The third-order valence-corrected chi connectivity index (χ3v) is 5.35. The minimum Gasteiger partial charge on any atom is -0.457 e. The highest BCUT2D eigenvalue weighted by molar-refractivity contribution is 6.66. The number of hydrogen-bond donors (Lipinski definition) is 0. The van der Waals surface area contributed by atoms with Crippen LogP contribution >= 0.6 is 0 Å². The van der Waals surface area contributed by atoms with Crippen LogP contribution < -0.4 is 4.90 Å². The molecule has 1 aliphatic heterocycles. The Morgan fingerprint density at radius 2 is 1.86 bits per heavy atom. The average molecular weight is 375 g/mol. The van der Waals surface area contributed by atoms with Crippen molar-refractivity contribution in [2.45, 2.75) is 24.7 Å². The average Bonchev–Trinajstić information content (AvgIpc) is 3.41. The molecule has 0 radical (unpaired) electrons. The molecule has 4 rings (SSSR count). The van der Waals surface area contributed by atoms with Gasteiger partial charge in [-0.1, -0.05) is 48.5 Å². The van der Waals surface area contributed by atoms with E-state index in [0.717, 1.165) is 16.0 Å². The minimum absolute atomic E-state index is 0.00961. The van der Waals surface area contributed by atoms with E-state index in [9.17, 15) is 19.9 Å². The molecule has 0 aromatic heterocycles. The van der Waals surface area contributed by atoms with Gasteiger partial charge in [0.15, 0.2) is 0 Å². The van der Waals surface area contributed by atoms with Crippen LogP contribution in [0.3, 0.4) is 0 Å². The molecule has 0 N–H and O–H groups in total. The van der Waals surface area contributed by atoms with Crippen molar-refractivity contribution in [2.75, 3.05) is 11.5 Å². The summed E-state index contributed by atoms with van der Waals surface area (Å²) in [5.41, 5.74) is 9.69. The van der Waals surface area contributed by atoms with E-state index in [2.05, 4.69) is 4.79 Å². The third kappa shape index (κ3) is 2.41. The summed E-state index contributed by atoms with van der Waals surface area (Å²) >= 11 is 0. The molecule has 140 valence electrons. The van der Waals surface area contributed by atoms with Crippen molar-refractivity contribution < 1.29 is 23.9 Å². The predicted octanol–water partition coefficient (Wildman–Crippen LogP) is 2.22. The fraction of sp³-hybridized carbons (Fsp3) is 0.238. The highest BCUT2D eigenvalue weighted by Gasteiger charge is 2.68. The maximum atomic E-state index is 13.4. The summed E-state index contributed by atoms with van der Waals surface area (Å²) in [5.74, 6) is -2.54. The zero-order chi connectivity index (χ0) is 19.9. The quantitative estimate of drug-likeness (QED) is 0.269. The lowest BCUT2D eigenvalue weighted by Crippen LogP contribution is -2.45. The molecule has 28 heavy (non-hydrogen) atoms. The van der Waals surface area contributed by atoms with Crippen LogP contribution in [0.1, 0.15) is 30.4 Å². The summed E-state index contributed by atoms with van der Waals surface area (Å²) in [6.45, 7) is 1.58. The molecular formula is C21H17N3O4. The topological polar surface area (TPSA) is 100 Å². The first-order valence-electron chi connectivity index (χ1n) is 8.98. The molecule has 2 atom stereocenters. The van der Waals surface area contributed by atoms with Gasteiger partial charge in [0.1, 0.15) is 0 Å². The smallest absolute Gasteiger partial charge is 0.457 e.